The van der Waals surface area contributed by atoms with Gasteiger partial charge in [0.2, 0.25) is 11.8 Å². The first kappa shape index (κ1) is 43.1. The standard InChI is InChI=1S/C32H38N10O9.2ClH/c1-18-24(51-32(48)50-18)17-49-26(44)16-41-13-14-42(25(43)15-38-28(46)20-6-10-22(11-7-20)40-31(35)36)23(29(41)47)3-2-12-37-27(45)19-4-8-21(9-5-19)39-30(33)34;;/h4-11,23H,2-3,12-17H2,1H3,(H,37,45)(H,38,46)(H4,33,34,39)(H4,35,36,40);2*1H/t23-;;/m0../s1. The zero-order valence-corrected chi connectivity index (χ0v) is 30.1. The topological polar surface area (TPSA) is 297 Å². The van der Waals surface area contributed by atoms with Crippen molar-refractivity contribution in [3.63, 3.8) is 0 Å². The second kappa shape index (κ2) is 20.1. The predicted molar refractivity (Wildman–Crippen MR) is 196 cm³/mol. The Balaban J connectivity index is 0.00000486. The summed E-state index contributed by atoms with van der Waals surface area (Å²) < 4.78 is 14.7. The van der Waals surface area contributed by atoms with E-state index in [0.29, 0.717) is 16.9 Å². The highest BCUT2D eigenvalue weighted by Crippen LogP contribution is 2.18. The number of carbonyl (C=O) groups excluding carboxylic acids is 5. The van der Waals surface area contributed by atoms with Gasteiger partial charge < -0.3 is 56.9 Å². The van der Waals surface area contributed by atoms with Crippen molar-refractivity contribution in [1.29, 1.82) is 0 Å². The van der Waals surface area contributed by atoms with Gasteiger partial charge in [-0.2, -0.15) is 0 Å². The number of carbonyl (C=O) groups is 5. The maximum absolute atomic E-state index is 13.7. The normalized spacial score (nSPS) is 13.5. The molecule has 1 saturated heterocycles. The molecule has 0 spiro atoms. The highest BCUT2D eigenvalue weighted by molar-refractivity contribution is 5.98. The minimum atomic E-state index is -1.01. The van der Waals surface area contributed by atoms with Crippen LogP contribution in [0.2, 0.25) is 0 Å². The van der Waals surface area contributed by atoms with Crippen molar-refractivity contribution in [2.75, 3.05) is 32.7 Å². The van der Waals surface area contributed by atoms with E-state index in [9.17, 15) is 28.8 Å². The molecule has 2 aromatic carbocycles. The van der Waals surface area contributed by atoms with Crippen LogP contribution in [-0.4, -0.2) is 90.1 Å². The molecule has 3 aromatic rings. The number of aryl methyl sites for hydroxylation is 1. The maximum atomic E-state index is 13.7. The molecule has 4 amide bonds. The van der Waals surface area contributed by atoms with E-state index in [4.69, 9.17) is 36.5 Å². The van der Waals surface area contributed by atoms with Gasteiger partial charge in [-0.05, 0) is 68.3 Å². The van der Waals surface area contributed by atoms with Crippen molar-refractivity contribution in [3.05, 3.63) is 81.8 Å². The summed E-state index contributed by atoms with van der Waals surface area (Å²) in [6.07, 6.45) is 0.406. The molecular weight excluding hydrogens is 739 g/mol. The summed E-state index contributed by atoms with van der Waals surface area (Å²) in [6, 6.07) is 11.3. The molecule has 21 heteroatoms. The van der Waals surface area contributed by atoms with Crippen molar-refractivity contribution in [1.82, 2.24) is 20.4 Å². The zero-order valence-electron chi connectivity index (χ0n) is 28.4. The van der Waals surface area contributed by atoms with Crippen molar-refractivity contribution in [3.8, 4) is 0 Å². The van der Waals surface area contributed by atoms with E-state index in [0.717, 1.165) is 0 Å². The first-order chi connectivity index (χ1) is 24.3. The number of hydrogen-bond donors (Lipinski definition) is 6. The van der Waals surface area contributed by atoms with E-state index in [-0.39, 0.29) is 98.8 Å². The molecule has 0 aliphatic carbocycles. The second-order valence-corrected chi connectivity index (χ2v) is 11.2. The number of amides is 4. The number of halogens is 2. The van der Waals surface area contributed by atoms with Crippen LogP contribution in [0, 0.1) is 6.92 Å². The van der Waals surface area contributed by atoms with Crippen molar-refractivity contribution in [2.45, 2.75) is 32.4 Å². The van der Waals surface area contributed by atoms with Crippen LogP contribution in [0.1, 0.15) is 45.1 Å². The number of nitrogens with two attached hydrogens (primary N) is 4. The van der Waals surface area contributed by atoms with Gasteiger partial charge in [-0.15, -0.1) is 24.8 Å². The lowest BCUT2D eigenvalue weighted by atomic mass is 10.0. The van der Waals surface area contributed by atoms with E-state index < -0.39 is 48.6 Å². The summed E-state index contributed by atoms with van der Waals surface area (Å²) in [5.74, 6) is -3.77. The largest absolute Gasteiger partial charge is 0.519 e. The Morgan fingerprint density at radius 3 is 1.89 bits per heavy atom. The van der Waals surface area contributed by atoms with Gasteiger partial charge in [0.05, 0.1) is 17.9 Å². The van der Waals surface area contributed by atoms with Crippen LogP contribution in [0.5, 0.6) is 0 Å². The molecule has 53 heavy (non-hydrogen) atoms. The number of rotatable bonds is 14. The van der Waals surface area contributed by atoms with Gasteiger partial charge in [0.15, 0.2) is 30.0 Å². The number of ether oxygens (including phenoxy) is 1. The molecule has 0 radical (unpaired) electrons. The lowest BCUT2D eigenvalue weighted by Crippen LogP contribution is -2.60. The number of piperazine rings is 1. The Morgan fingerprint density at radius 1 is 0.830 bits per heavy atom. The molecule has 1 aliphatic heterocycles. The highest BCUT2D eigenvalue weighted by Gasteiger charge is 2.38. The average Bonchev–Trinajstić information content (AvgIpc) is 3.41. The summed E-state index contributed by atoms with van der Waals surface area (Å²) in [4.78, 5) is 86.7. The van der Waals surface area contributed by atoms with Gasteiger partial charge in [0.1, 0.15) is 12.6 Å². The monoisotopic (exact) mass is 778 g/mol. The number of esters is 1. The lowest BCUT2D eigenvalue weighted by molar-refractivity contribution is -0.158. The van der Waals surface area contributed by atoms with Crippen LogP contribution < -0.4 is 39.4 Å². The Hall–Kier alpha value is -6.08. The molecule has 1 atom stereocenters. The summed E-state index contributed by atoms with van der Waals surface area (Å²) in [6.45, 7) is 0.459. The Kier molecular flexibility index (Phi) is 16.3. The molecule has 1 fully saturated rings. The Bertz CT molecular complexity index is 1870. The first-order valence-electron chi connectivity index (χ1n) is 15.6. The zero-order chi connectivity index (χ0) is 37.1. The molecule has 19 nitrogen and oxygen atoms in total. The SMILES string of the molecule is Cc1oc(=O)oc1COC(=O)CN1CCN(C(=O)CNC(=O)c2ccc(N=C(N)N)cc2)[C@@H](CCCNC(=O)c2ccc(N=C(N)N)cc2)C1=O.Cl.Cl. The molecule has 0 saturated carbocycles. The molecule has 10 N–H and O–H groups in total. The summed E-state index contributed by atoms with van der Waals surface area (Å²) in [5, 5.41) is 5.32. The fourth-order valence-electron chi connectivity index (χ4n) is 5.06. The lowest BCUT2D eigenvalue weighted by Gasteiger charge is -2.40. The van der Waals surface area contributed by atoms with E-state index in [1.54, 1.807) is 24.3 Å². The van der Waals surface area contributed by atoms with Crippen LogP contribution in [0.25, 0.3) is 0 Å². The maximum Gasteiger partial charge on any atom is 0.519 e. The summed E-state index contributed by atoms with van der Waals surface area (Å²) >= 11 is 0. The Labute approximate surface area is 315 Å². The molecule has 1 aromatic heterocycles. The third kappa shape index (κ3) is 12.6. The van der Waals surface area contributed by atoms with Crippen LogP contribution >= 0.6 is 24.8 Å². The molecule has 2 heterocycles. The molecule has 1 aliphatic rings. The highest BCUT2D eigenvalue weighted by atomic mass is 35.5. The smallest absolute Gasteiger partial charge is 0.456 e. The third-order valence-electron chi connectivity index (χ3n) is 7.54. The number of nitrogens with zero attached hydrogens (tertiary/aromatic N) is 4. The minimum Gasteiger partial charge on any atom is -0.456 e. The van der Waals surface area contributed by atoms with Gasteiger partial charge in [0, 0.05) is 30.8 Å². The number of guanidine groups is 2. The van der Waals surface area contributed by atoms with Gasteiger partial charge in [-0.25, -0.2) is 14.8 Å². The summed E-state index contributed by atoms with van der Waals surface area (Å²) in [7, 11) is 0. The average molecular weight is 780 g/mol. The van der Waals surface area contributed by atoms with Crippen LogP contribution in [-0.2, 0) is 25.7 Å². The van der Waals surface area contributed by atoms with Crippen molar-refractivity contribution >= 4 is 77.7 Å². The summed E-state index contributed by atoms with van der Waals surface area (Å²) in [5.41, 5.74) is 23.0. The predicted octanol–water partition coefficient (Wildman–Crippen LogP) is -0.0826. The van der Waals surface area contributed by atoms with E-state index >= 15 is 0 Å². The van der Waals surface area contributed by atoms with Crippen molar-refractivity contribution in [2.24, 2.45) is 32.9 Å². The van der Waals surface area contributed by atoms with Gasteiger partial charge >= 0.3 is 11.8 Å². The number of aliphatic imine (C=N–C) groups is 2. The number of benzene rings is 2. The fraction of sp³-hybridized carbons (Fsp3) is 0.312. The quantitative estimate of drug-likeness (QED) is 0.0541. The van der Waals surface area contributed by atoms with E-state index in [2.05, 4.69) is 20.6 Å². The molecule has 0 unspecified atom stereocenters. The Morgan fingerprint density at radius 2 is 1.38 bits per heavy atom. The molecule has 0 bridgehead atoms. The molecule has 4 rings (SSSR count). The van der Waals surface area contributed by atoms with Crippen LogP contribution in [0.3, 0.4) is 0 Å². The van der Waals surface area contributed by atoms with Gasteiger partial charge in [-0.1, -0.05) is 0 Å². The number of hydrogen-bond acceptors (Lipinski definition) is 11. The third-order valence-corrected chi connectivity index (χ3v) is 7.54. The van der Waals surface area contributed by atoms with Gasteiger partial charge in [0.25, 0.3) is 11.8 Å². The molecule has 286 valence electrons. The van der Waals surface area contributed by atoms with Crippen LogP contribution in [0.4, 0.5) is 11.4 Å². The minimum absolute atomic E-state index is 0. The number of nitrogens with one attached hydrogen (secondary N) is 2. The van der Waals surface area contributed by atoms with E-state index in [1.807, 2.05) is 0 Å². The first-order valence-corrected chi connectivity index (χ1v) is 15.6. The van der Waals surface area contributed by atoms with Crippen molar-refractivity contribution < 1.29 is 37.5 Å². The second-order valence-electron chi connectivity index (χ2n) is 11.2. The van der Waals surface area contributed by atoms with E-state index in [1.165, 1.54) is 41.0 Å². The molecular formula is C32H40Cl2N10O9. The van der Waals surface area contributed by atoms with Crippen LogP contribution in [0.15, 0.2) is 72.1 Å². The fourth-order valence-corrected chi connectivity index (χ4v) is 5.06. The van der Waals surface area contributed by atoms with Gasteiger partial charge in [-0.3, -0.25) is 24.0 Å².